The van der Waals surface area contributed by atoms with E-state index in [0.717, 1.165) is 0 Å². The Kier molecular flexibility index (Phi) is 4.93. The van der Waals surface area contributed by atoms with Crippen molar-refractivity contribution >= 4 is 17.5 Å². The van der Waals surface area contributed by atoms with E-state index >= 15 is 0 Å². The monoisotopic (exact) mass is 236 g/mol. The van der Waals surface area contributed by atoms with Gasteiger partial charge in [0, 0.05) is 33.3 Å². The van der Waals surface area contributed by atoms with Crippen LogP contribution in [0.25, 0.3) is 0 Å². The van der Waals surface area contributed by atoms with Gasteiger partial charge >= 0.3 is 0 Å². The number of carbonyl (C=O) groups is 2. The summed E-state index contributed by atoms with van der Waals surface area (Å²) in [4.78, 5) is 26.7. The first-order chi connectivity index (χ1) is 8.19. The Morgan fingerprint density at radius 2 is 2.12 bits per heavy atom. The molecule has 0 saturated heterocycles. The number of amides is 2. The molecule has 0 saturated carbocycles. The Hall–Kier alpha value is -2.11. The summed E-state index contributed by atoms with van der Waals surface area (Å²) in [6.45, 7) is 0.310. The Labute approximate surface area is 99.8 Å². The molecule has 1 aromatic rings. The molecular formula is C11H16N4O2. The van der Waals surface area contributed by atoms with Crippen molar-refractivity contribution in [1.82, 2.24) is 15.6 Å². The lowest BCUT2D eigenvalue weighted by Gasteiger charge is -2.08. The maximum absolute atomic E-state index is 11.8. The van der Waals surface area contributed by atoms with Gasteiger partial charge in [-0.3, -0.25) is 14.6 Å². The molecule has 2 amide bonds. The third-order valence-electron chi connectivity index (χ3n) is 2.25. The average molecular weight is 236 g/mol. The van der Waals surface area contributed by atoms with Crippen molar-refractivity contribution in [2.45, 2.75) is 6.42 Å². The van der Waals surface area contributed by atoms with Gasteiger partial charge < -0.3 is 16.0 Å². The molecule has 0 atom stereocenters. The first kappa shape index (κ1) is 13.0. The Morgan fingerprint density at radius 1 is 1.35 bits per heavy atom. The number of carbonyl (C=O) groups excluding carboxylic acids is 2. The number of rotatable bonds is 5. The second-order valence-electron chi connectivity index (χ2n) is 3.35. The van der Waals surface area contributed by atoms with Crippen LogP contribution < -0.4 is 16.0 Å². The van der Waals surface area contributed by atoms with E-state index in [-0.39, 0.29) is 18.2 Å². The summed E-state index contributed by atoms with van der Waals surface area (Å²) in [6, 6.07) is 1.63. The van der Waals surface area contributed by atoms with Crippen molar-refractivity contribution in [3.05, 3.63) is 24.0 Å². The fourth-order valence-electron chi connectivity index (χ4n) is 1.30. The standard InChI is InChI=1S/C11H16N4O2/c1-12-9-7-14-5-3-8(9)11(17)15-6-4-10(16)13-2/h3,5,7,12H,4,6H2,1-2H3,(H,13,16)(H,15,17). The van der Waals surface area contributed by atoms with Crippen LogP contribution in [0.5, 0.6) is 0 Å². The molecule has 0 spiro atoms. The maximum Gasteiger partial charge on any atom is 0.253 e. The maximum atomic E-state index is 11.8. The van der Waals surface area contributed by atoms with Crippen molar-refractivity contribution in [1.29, 1.82) is 0 Å². The van der Waals surface area contributed by atoms with Gasteiger partial charge in [0.1, 0.15) is 0 Å². The van der Waals surface area contributed by atoms with Gasteiger partial charge in [0.2, 0.25) is 5.91 Å². The minimum absolute atomic E-state index is 0.103. The minimum Gasteiger partial charge on any atom is -0.386 e. The number of anilines is 1. The lowest BCUT2D eigenvalue weighted by atomic mass is 10.2. The zero-order valence-corrected chi connectivity index (χ0v) is 9.91. The van der Waals surface area contributed by atoms with E-state index in [4.69, 9.17) is 0 Å². The second-order valence-corrected chi connectivity index (χ2v) is 3.35. The molecule has 3 N–H and O–H groups in total. The van der Waals surface area contributed by atoms with Crippen LogP contribution in [0.4, 0.5) is 5.69 Å². The van der Waals surface area contributed by atoms with Crippen LogP contribution >= 0.6 is 0 Å². The zero-order chi connectivity index (χ0) is 12.7. The lowest BCUT2D eigenvalue weighted by molar-refractivity contribution is -0.120. The third kappa shape index (κ3) is 3.75. The van der Waals surface area contributed by atoms with Gasteiger partial charge in [0.05, 0.1) is 17.4 Å². The largest absolute Gasteiger partial charge is 0.386 e. The Bertz CT molecular complexity index is 406. The number of aromatic nitrogens is 1. The van der Waals surface area contributed by atoms with Crippen LogP contribution in [-0.4, -0.2) is 37.4 Å². The first-order valence-electron chi connectivity index (χ1n) is 5.29. The molecule has 0 fully saturated rings. The molecule has 0 aliphatic rings. The summed E-state index contributed by atoms with van der Waals surface area (Å²) in [6.07, 6.45) is 3.39. The van der Waals surface area contributed by atoms with Gasteiger partial charge in [0.15, 0.2) is 0 Å². The highest BCUT2D eigenvalue weighted by atomic mass is 16.2. The van der Waals surface area contributed by atoms with Crippen LogP contribution in [0.1, 0.15) is 16.8 Å². The fourth-order valence-corrected chi connectivity index (χ4v) is 1.30. The van der Waals surface area contributed by atoms with Crippen LogP contribution in [0, 0.1) is 0 Å². The van der Waals surface area contributed by atoms with Gasteiger partial charge in [-0.1, -0.05) is 0 Å². The van der Waals surface area contributed by atoms with Gasteiger partial charge in [-0.2, -0.15) is 0 Å². The summed E-state index contributed by atoms with van der Waals surface area (Å²) in [5.74, 6) is -0.325. The summed E-state index contributed by atoms with van der Waals surface area (Å²) in [7, 11) is 3.28. The quantitative estimate of drug-likeness (QED) is 0.671. The molecule has 0 aliphatic carbocycles. The molecule has 0 aliphatic heterocycles. The summed E-state index contributed by atoms with van der Waals surface area (Å²) >= 11 is 0. The summed E-state index contributed by atoms with van der Waals surface area (Å²) in [5.41, 5.74) is 1.17. The second kappa shape index (κ2) is 6.47. The molecule has 0 bridgehead atoms. The lowest BCUT2D eigenvalue weighted by Crippen LogP contribution is -2.29. The predicted molar refractivity (Wildman–Crippen MR) is 64.8 cm³/mol. The number of nitrogens with zero attached hydrogens (tertiary/aromatic N) is 1. The van der Waals surface area contributed by atoms with E-state index in [2.05, 4.69) is 20.9 Å². The molecule has 92 valence electrons. The smallest absolute Gasteiger partial charge is 0.253 e. The van der Waals surface area contributed by atoms with E-state index in [1.807, 2.05) is 0 Å². The number of hydrogen-bond donors (Lipinski definition) is 3. The third-order valence-corrected chi connectivity index (χ3v) is 2.25. The van der Waals surface area contributed by atoms with Crippen LogP contribution in [-0.2, 0) is 4.79 Å². The molecule has 1 aromatic heterocycles. The molecule has 17 heavy (non-hydrogen) atoms. The number of nitrogens with one attached hydrogen (secondary N) is 3. The van der Waals surface area contributed by atoms with Crippen LogP contribution in [0.3, 0.4) is 0 Å². The number of hydrogen-bond acceptors (Lipinski definition) is 4. The highest BCUT2D eigenvalue weighted by Gasteiger charge is 2.10. The topological polar surface area (TPSA) is 83.1 Å². The van der Waals surface area contributed by atoms with Crippen molar-refractivity contribution in [2.75, 3.05) is 26.0 Å². The van der Waals surface area contributed by atoms with E-state index in [1.165, 1.54) is 0 Å². The Balaban J connectivity index is 2.55. The Morgan fingerprint density at radius 3 is 2.76 bits per heavy atom. The molecule has 6 heteroatoms. The molecular weight excluding hydrogens is 220 g/mol. The highest BCUT2D eigenvalue weighted by Crippen LogP contribution is 2.11. The minimum atomic E-state index is -0.222. The molecule has 0 radical (unpaired) electrons. The van der Waals surface area contributed by atoms with Gasteiger partial charge in [0.25, 0.3) is 5.91 Å². The number of pyridine rings is 1. The van der Waals surface area contributed by atoms with Crippen molar-refractivity contribution in [2.24, 2.45) is 0 Å². The summed E-state index contributed by atoms with van der Waals surface area (Å²) in [5, 5.41) is 8.04. The van der Waals surface area contributed by atoms with E-state index in [0.29, 0.717) is 17.8 Å². The highest BCUT2D eigenvalue weighted by molar-refractivity contribution is 5.99. The fraction of sp³-hybridized carbons (Fsp3) is 0.364. The SMILES string of the molecule is CNC(=O)CCNC(=O)c1ccncc1NC. The molecule has 1 heterocycles. The van der Waals surface area contributed by atoms with Gasteiger partial charge in [-0.25, -0.2) is 0 Å². The predicted octanol–water partition coefficient (Wildman–Crippen LogP) is -0.0108. The van der Waals surface area contributed by atoms with E-state index < -0.39 is 0 Å². The zero-order valence-electron chi connectivity index (χ0n) is 9.91. The molecule has 1 rings (SSSR count). The van der Waals surface area contributed by atoms with Crippen LogP contribution in [0.2, 0.25) is 0 Å². The van der Waals surface area contributed by atoms with Crippen molar-refractivity contribution in [3.8, 4) is 0 Å². The summed E-state index contributed by atoms with van der Waals surface area (Å²) < 4.78 is 0. The normalized spacial score (nSPS) is 9.53. The van der Waals surface area contributed by atoms with E-state index in [1.54, 1.807) is 32.6 Å². The first-order valence-corrected chi connectivity index (χ1v) is 5.29. The molecule has 0 aromatic carbocycles. The van der Waals surface area contributed by atoms with E-state index in [9.17, 15) is 9.59 Å². The van der Waals surface area contributed by atoms with Crippen molar-refractivity contribution < 1.29 is 9.59 Å². The van der Waals surface area contributed by atoms with Gasteiger partial charge in [-0.05, 0) is 6.07 Å². The average Bonchev–Trinajstić information content (AvgIpc) is 2.38. The van der Waals surface area contributed by atoms with Gasteiger partial charge in [-0.15, -0.1) is 0 Å². The van der Waals surface area contributed by atoms with Crippen molar-refractivity contribution in [3.63, 3.8) is 0 Å². The van der Waals surface area contributed by atoms with Crippen LogP contribution in [0.15, 0.2) is 18.5 Å². The molecule has 6 nitrogen and oxygen atoms in total. The molecule has 0 unspecified atom stereocenters.